The van der Waals surface area contributed by atoms with E-state index in [1.54, 1.807) is 4.90 Å². The van der Waals surface area contributed by atoms with Gasteiger partial charge in [0.05, 0.1) is 0 Å². The Bertz CT molecular complexity index is 276. The summed E-state index contributed by atoms with van der Waals surface area (Å²) in [5.74, 6) is 0.262. The smallest absolute Gasteiger partial charge is 0.410 e. The highest BCUT2D eigenvalue weighted by atomic mass is 16.6. The maximum atomic E-state index is 12.0. The van der Waals surface area contributed by atoms with E-state index in [1.165, 1.54) is 0 Å². The molecule has 5 nitrogen and oxygen atoms in total. The van der Waals surface area contributed by atoms with Crippen molar-refractivity contribution >= 4 is 6.09 Å². The fraction of sp³-hybridized carbons (Fsp3) is 0.923. The highest BCUT2D eigenvalue weighted by molar-refractivity contribution is 5.68. The number of nitrogens with two attached hydrogens (primary N) is 1. The van der Waals surface area contributed by atoms with Gasteiger partial charge in [0.15, 0.2) is 0 Å². The maximum absolute atomic E-state index is 12.0. The van der Waals surface area contributed by atoms with Gasteiger partial charge in [0.1, 0.15) is 5.60 Å². The number of piperidine rings is 1. The molecule has 1 fully saturated rings. The molecule has 1 heterocycles. The van der Waals surface area contributed by atoms with Crippen LogP contribution in [0.25, 0.3) is 0 Å². The van der Waals surface area contributed by atoms with Gasteiger partial charge in [-0.25, -0.2) is 4.79 Å². The topological polar surface area (TPSA) is 75.8 Å². The van der Waals surface area contributed by atoms with Crippen LogP contribution in [-0.4, -0.2) is 47.4 Å². The zero-order valence-electron chi connectivity index (χ0n) is 11.7. The van der Waals surface area contributed by atoms with E-state index >= 15 is 0 Å². The fourth-order valence-electron chi connectivity index (χ4n) is 2.24. The Kier molecular flexibility index (Phi) is 5.41. The van der Waals surface area contributed by atoms with Crippen LogP contribution in [0.3, 0.4) is 0 Å². The number of aliphatic hydroxyl groups is 1. The van der Waals surface area contributed by atoms with E-state index in [-0.39, 0.29) is 24.7 Å². The van der Waals surface area contributed by atoms with Crippen LogP contribution in [0, 0.1) is 5.92 Å². The predicted molar refractivity (Wildman–Crippen MR) is 70.2 cm³/mol. The summed E-state index contributed by atoms with van der Waals surface area (Å²) >= 11 is 0. The first-order chi connectivity index (χ1) is 8.33. The molecule has 0 aromatic carbocycles. The summed E-state index contributed by atoms with van der Waals surface area (Å²) in [5.41, 5.74) is 5.55. The molecule has 0 aromatic rings. The van der Waals surface area contributed by atoms with Crippen LogP contribution in [0.1, 0.15) is 40.0 Å². The maximum Gasteiger partial charge on any atom is 0.410 e. The van der Waals surface area contributed by atoms with E-state index in [4.69, 9.17) is 15.6 Å². The van der Waals surface area contributed by atoms with Crippen LogP contribution in [0.5, 0.6) is 0 Å². The van der Waals surface area contributed by atoms with Crippen molar-refractivity contribution in [3.8, 4) is 0 Å². The van der Waals surface area contributed by atoms with Crippen LogP contribution in [0.15, 0.2) is 0 Å². The van der Waals surface area contributed by atoms with E-state index in [0.717, 1.165) is 19.4 Å². The van der Waals surface area contributed by atoms with Gasteiger partial charge in [-0.05, 0) is 46.0 Å². The minimum absolute atomic E-state index is 0.0414. The average Bonchev–Trinajstić information content (AvgIpc) is 2.27. The first-order valence-electron chi connectivity index (χ1n) is 6.68. The lowest BCUT2D eigenvalue weighted by atomic mass is 9.90. The van der Waals surface area contributed by atoms with Gasteiger partial charge in [-0.3, -0.25) is 0 Å². The molecule has 18 heavy (non-hydrogen) atoms. The molecule has 1 rings (SSSR count). The van der Waals surface area contributed by atoms with Gasteiger partial charge in [0.2, 0.25) is 0 Å². The number of hydrogen-bond donors (Lipinski definition) is 2. The van der Waals surface area contributed by atoms with Gasteiger partial charge < -0.3 is 20.5 Å². The second-order valence-electron chi connectivity index (χ2n) is 6.00. The van der Waals surface area contributed by atoms with Gasteiger partial charge in [-0.15, -0.1) is 0 Å². The predicted octanol–water partition coefficient (Wildman–Crippen LogP) is 1.34. The number of carbonyl (C=O) groups excluding carboxylic acids is 1. The van der Waals surface area contributed by atoms with Gasteiger partial charge in [-0.1, -0.05) is 0 Å². The molecule has 3 N–H and O–H groups in total. The van der Waals surface area contributed by atoms with E-state index in [9.17, 15) is 4.79 Å². The summed E-state index contributed by atoms with van der Waals surface area (Å²) < 4.78 is 5.36. The first kappa shape index (κ1) is 15.2. The number of carbonyl (C=O) groups is 1. The highest BCUT2D eigenvalue weighted by Crippen LogP contribution is 2.22. The Morgan fingerprint density at radius 1 is 1.56 bits per heavy atom. The van der Waals surface area contributed by atoms with Crippen LogP contribution in [0.4, 0.5) is 4.79 Å². The Morgan fingerprint density at radius 2 is 2.22 bits per heavy atom. The fourth-order valence-corrected chi connectivity index (χ4v) is 2.24. The molecule has 0 aromatic heterocycles. The Labute approximate surface area is 109 Å². The molecule has 0 radical (unpaired) electrons. The van der Waals surface area contributed by atoms with Crippen LogP contribution < -0.4 is 5.73 Å². The third-order valence-corrected chi connectivity index (χ3v) is 3.18. The number of amides is 1. The zero-order chi connectivity index (χ0) is 13.8. The second-order valence-corrected chi connectivity index (χ2v) is 6.00. The van der Waals surface area contributed by atoms with Crippen molar-refractivity contribution in [2.75, 3.05) is 19.7 Å². The van der Waals surface area contributed by atoms with Crippen molar-refractivity contribution in [2.45, 2.75) is 51.7 Å². The molecule has 0 aliphatic carbocycles. The monoisotopic (exact) mass is 258 g/mol. The van der Waals surface area contributed by atoms with Crippen LogP contribution >= 0.6 is 0 Å². The molecule has 5 heteroatoms. The molecule has 0 unspecified atom stereocenters. The molecule has 1 saturated heterocycles. The largest absolute Gasteiger partial charge is 0.444 e. The standard InChI is InChI=1S/C13H26N2O3/c1-13(2,3)18-12(17)15-7-4-5-10(9-15)11(14)6-8-16/h10-11,16H,4-9,14H2,1-3H3/t10-,11+/m0/s1. The molecule has 1 aliphatic rings. The van der Waals surface area contributed by atoms with Gasteiger partial charge >= 0.3 is 6.09 Å². The summed E-state index contributed by atoms with van der Waals surface area (Å²) in [6.07, 6.45) is 2.29. The summed E-state index contributed by atoms with van der Waals surface area (Å²) in [4.78, 5) is 13.7. The van der Waals surface area contributed by atoms with Crippen molar-refractivity contribution in [3.63, 3.8) is 0 Å². The minimum Gasteiger partial charge on any atom is -0.444 e. The Hall–Kier alpha value is -0.810. The lowest BCUT2D eigenvalue weighted by Crippen LogP contribution is -2.47. The number of likely N-dealkylation sites (tertiary alicyclic amines) is 1. The van der Waals surface area contributed by atoms with E-state index in [1.807, 2.05) is 20.8 Å². The molecule has 0 saturated carbocycles. The molecule has 1 amide bonds. The summed E-state index contributed by atoms with van der Waals surface area (Å²) in [7, 11) is 0. The quantitative estimate of drug-likeness (QED) is 0.801. The summed E-state index contributed by atoms with van der Waals surface area (Å²) in [6, 6.07) is -0.0414. The molecular formula is C13H26N2O3. The number of aliphatic hydroxyl groups excluding tert-OH is 1. The van der Waals surface area contributed by atoms with Crippen molar-refractivity contribution in [1.29, 1.82) is 0 Å². The number of hydrogen-bond acceptors (Lipinski definition) is 4. The van der Waals surface area contributed by atoms with Gasteiger partial charge in [0, 0.05) is 25.7 Å². The van der Waals surface area contributed by atoms with Crippen molar-refractivity contribution in [2.24, 2.45) is 11.7 Å². The van der Waals surface area contributed by atoms with Gasteiger partial charge in [0.25, 0.3) is 0 Å². The molecule has 106 valence electrons. The van der Waals surface area contributed by atoms with Gasteiger partial charge in [-0.2, -0.15) is 0 Å². The van der Waals surface area contributed by atoms with Crippen molar-refractivity contribution in [1.82, 2.24) is 4.90 Å². The number of nitrogens with zero attached hydrogens (tertiary/aromatic N) is 1. The first-order valence-corrected chi connectivity index (χ1v) is 6.68. The Morgan fingerprint density at radius 3 is 2.78 bits per heavy atom. The van der Waals surface area contributed by atoms with Crippen molar-refractivity contribution in [3.05, 3.63) is 0 Å². The molecule has 0 spiro atoms. The highest BCUT2D eigenvalue weighted by Gasteiger charge is 2.30. The summed E-state index contributed by atoms with van der Waals surface area (Å²) in [5, 5.41) is 8.91. The van der Waals surface area contributed by atoms with E-state index < -0.39 is 5.60 Å². The molecule has 0 bridgehead atoms. The Balaban J connectivity index is 2.50. The number of ether oxygens (including phenoxy) is 1. The van der Waals surface area contributed by atoms with Crippen molar-refractivity contribution < 1.29 is 14.6 Å². The van der Waals surface area contributed by atoms with E-state index in [2.05, 4.69) is 0 Å². The third-order valence-electron chi connectivity index (χ3n) is 3.18. The minimum atomic E-state index is -0.461. The molecular weight excluding hydrogens is 232 g/mol. The number of rotatable bonds is 3. The summed E-state index contributed by atoms with van der Waals surface area (Å²) in [6.45, 7) is 7.06. The molecule has 1 aliphatic heterocycles. The normalized spacial score (nSPS) is 22.7. The molecule has 2 atom stereocenters. The lowest BCUT2D eigenvalue weighted by Gasteiger charge is -2.36. The second kappa shape index (κ2) is 6.38. The SMILES string of the molecule is CC(C)(C)OC(=O)N1CCC[C@H]([C@H](N)CCO)C1. The van der Waals surface area contributed by atoms with Crippen LogP contribution in [0.2, 0.25) is 0 Å². The zero-order valence-corrected chi connectivity index (χ0v) is 11.7. The van der Waals surface area contributed by atoms with E-state index in [0.29, 0.717) is 13.0 Å². The lowest BCUT2D eigenvalue weighted by molar-refractivity contribution is 0.0148. The van der Waals surface area contributed by atoms with Crippen LogP contribution in [-0.2, 0) is 4.74 Å². The third kappa shape index (κ3) is 4.82. The average molecular weight is 258 g/mol.